The lowest BCUT2D eigenvalue weighted by Gasteiger charge is -2.47. The Kier molecular flexibility index (Phi) is 6.44. The van der Waals surface area contributed by atoms with Crippen LogP contribution in [0.3, 0.4) is 0 Å². The summed E-state index contributed by atoms with van der Waals surface area (Å²) >= 11 is 0. The fraction of sp³-hybridized carbons (Fsp3) is 0.650. The van der Waals surface area contributed by atoms with Crippen LogP contribution in [0.25, 0.3) is 0 Å². The fourth-order valence-electron chi connectivity index (χ4n) is 4.99. The maximum absolute atomic E-state index is 12.6. The van der Waals surface area contributed by atoms with Crippen LogP contribution in [0.2, 0.25) is 0 Å². The van der Waals surface area contributed by atoms with Crippen LogP contribution in [0.4, 0.5) is 0 Å². The van der Waals surface area contributed by atoms with Gasteiger partial charge in [0, 0.05) is 32.1 Å². The minimum absolute atomic E-state index is 0.171. The molecule has 1 aromatic rings. The molecule has 7 nitrogen and oxygen atoms in total. The molecule has 0 radical (unpaired) electrons. The van der Waals surface area contributed by atoms with Crippen LogP contribution in [0.5, 0.6) is 0 Å². The summed E-state index contributed by atoms with van der Waals surface area (Å²) in [5.74, 6) is -1.27. The second-order valence-corrected chi connectivity index (χ2v) is 9.84. The highest BCUT2D eigenvalue weighted by Gasteiger charge is 2.52. The van der Waals surface area contributed by atoms with Crippen molar-refractivity contribution in [2.45, 2.75) is 56.2 Å². The number of quaternary nitrogens is 1. The number of hydrogen-bond acceptors (Lipinski definition) is 5. The van der Waals surface area contributed by atoms with Gasteiger partial charge in [-0.3, -0.25) is 9.35 Å². The molecule has 3 rings (SSSR count). The fourth-order valence-corrected chi connectivity index (χ4v) is 5.48. The van der Waals surface area contributed by atoms with Crippen LogP contribution in [0, 0.1) is 0 Å². The number of nitrogens with zero attached hydrogens (tertiary/aromatic N) is 1. The highest BCUT2D eigenvalue weighted by atomic mass is 32.2. The average Bonchev–Trinajstić information content (AvgIpc) is 2.80. The molecule has 8 heteroatoms. The zero-order valence-electron chi connectivity index (χ0n) is 16.2. The second-order valence-electron chi connectivity index (χ2n) is 8.27. The van der Waals surface area contributed by atoms with E-state index in [-0.39, 0.29) is 24.4 Å². The third-order valence-electron chi connectivity index (χ3n) is 6.57. The summed E-state index contributed by atoms with van der Waals surface area (Å²) < 4.78 is 37.6. The standard InChI is InChI=1S/C20H29NO6S/c1-21(10-5-11-28(24,25)26)16-8-9-17(21)13-18(12-16)27-20(23)19(14-22)15-6-3-2-4-7-15/h2-4,6-7,16-19,22H,5,8-14H2,1H3/p+1/t16-,17+,18?,19?,21?. The van der Waals surface area contributed by atoms with Crippen molar-refractivity contribution in [3.05, 3.63) is 35.9 Å². The summed E-state index contributed by atoms with van der Waals surface area (Å²) in [7, 11) is -1.79. The monoisotopic (exact) mass is 412 g/mol. The number of benzene rings is 1. The molecule has 2 N–H and O–H groups in total. The molecule has 2 aliphatic rings. The molecule has 156 valence electrons. The number of aliphatic hydroxyl groups is 1. The highest BCUT2D eigenvalue weighted by molar-refractivity contribution is 7.85. The first kappa shape index (κ1) is 21.2. The first-order valence-corrected chi connectivity index (χ1v) is 11.5. The van der Waals surface area contributed by atoms with Crippen LogP contribution in [0.1, 0.15) is 43.6 Å². The molecule has 2 bridgehead atoms. The topological polar surface area (TPSA) is 101 Å². The summed E-state index contributed by atoms with van der Waals surface area (Å²) in [5, 5.41) is 9.67. The number of carbonyl (C=O) groups excluding carboxylic acids is 1. The molecule has 2 fully saturated rings. The lowest BCUT2D eigenvalue weighted by Crippen LogP contribution is -2.59. The Labute approximate surface area is 166 Å². The Morgan fingerprint density at radius 2 is 1.82 bits per heavy atom. The van der Waals surface area contributed by atoms with Gasteiger partial charge in [-0.25, -0.2) is 0 Å². The van der Waals surface area contributed by atoms with E-state index in [0.717, 1.165) is 35.7 Å². The molecule has 0 aliphatic carbocycles. The van der Waals surface area contributed by atoms with Gasteiger partial charge < -0.3 is 14.3 Å². The third kappa shape index (κ3) is 4.74. The van der Waals surface area contributed by atoms with Gasteiger partial charge in [-0.2, -0.15) is 8.42 Å². The van der Waals surface area contributed by atoms with Gasteiger partial charge in [0.25, 0.3) is 10.1 Å². The predicted octanol–water partition coefficient (Wildman–Crippen LogP) is 1.72. The van der Waals surface area contributed by atoms with E-state index in [1.165, 1.54) is 0 Å². The van der Waals surface area contributed by atoms with Gasteiger partial charge in [0.2, 0.25) is 0 Å². The number of ether oxygens (including phenoxy) is 1. The molecule has 2 aliphatic heterocycles. The highest BCUT2D eigenvalue weighted by Crippen LogP contribution is 2.42. The van der Waals surface area contributed by atoms with Crippen molar-refractivity contribution in [1.82, 2.24) is 0 Å². The predicted molar refractivity (Wildman–Crippen MR) is 104 cm³/mol. The van der Waals surface area contributed by atoms with Crippen molar-refractivity contribution in [2.24, 2.45) is 0 Å². The Hall–Kier alpha value is -1.48. The number of esters is 1. The quantitative estimate of drug-likeness (QED) is 0.383. The largest absolute Gasteiger partial charge is 0.461 e. The molecule has 0 amide bonds. The van der Waals surface area contributed by atoms with Gasteiger partial charge in [-0.15, -0.1) is 0 Å². The molecule has 0 aromatic heterocycles. The van der Waals surface area contributed by atoms with E-state index < -0.39 is 16.0 Å². The number of piperidine rings is 1. The van der Waals surface area contributed by atoms with Crippen molar-refractivity contribution in [1.29, 1.82) is 0 Å². The van der Waals surface area contributed by atoms with Gasteiger partial charge in [0.15, 0.2) is 0 Å². The van der Waals surface area contributed by atoms with Crippen LogP contribution < -0.4 is 0 Å². The average molecular weight is 413 g/mol. The van der Waals surface area contributed by atoms with Crippen molar-refractivity contribution < 1.29 is 32.1 Å². The summed E-state index contributed by atoms with van der Waals surface area (Å²) in [6.45, 7) is 0.408. The summed E-state index contributed by atoms with van der Waals surface area (Å²) in [6, 6.07) is 9.81. The number of carbonyl (C=O) groups is 1. The summed E-state index contributed by atoms with van der Waals surface area (Å²) in [6.07, 6.45) is 3.81. The van der Waals surface area contributed by atoms with Gasteiger partial charge in [0.1, 0.15) is 12.0 Å². The Morgan fingerprint density at radius 1 is 1.21 bits per heavy atom. The minimum Gasteiger partial charge on any atom is -0.461 e. The molecule has 0 saturated carbocycles. The Morgan fingerprint density at radius 3 is 2.36 bits per heavy atom. The molecule has 1 aromatic carbocycles. The van der Waals surface area contributed by atoms with Crippen LogP contribution >= 0.6 is 0 Å². The van der Waals surface area contributed by atoms with E-state index in [1.807, 2.05) is 30.3 Å². The molecule has 28 heavy (non-hydrogen) atoms. The number of rotatable bonds is 8. The van der Waals surface area contributed by atoms with E-state index in [1.54, 1.807) is 0 Å². The number of fused-ring (bicyclic) bond motifs is 2. The molecule has 2 saturated heterocycles. The Balaban J connectivity index is 1.60. The maximum Gasteiger partial charge on any atom is 0.316 e. The van der Waals surface area contributed by atoms with Crippen LogP contribution in [0.15, 0.2) is 30.3 Å². The van der Waals surface area contributed by atoms with Crippen molar-refractivity contribution in [3.63, 3.8) is 0 Å². The molecular formula is C20H30NO6S+. The molecular weight excluding hydrogens is 382 g/mol. The lowest BCUT2D eigenvalue weighted by atomic mass is 9.95. The molecule has 2 heterocycles. The van der Waals surface area contributed by atoms with Gasteiger partial charge >= 0.3 is 5.97 Å². The van der Waals surface area contributed by atoms with E-state index in [4.69, 9.17) is 9.29 Å². The number of hydrogen-bond donors (Lipinski definition) is 2. The van der Waals surface area contributed by atoms with Crippen molar-refractivity contribution in [3.8, 4) is 0 Å². The SMILES string of the molecule is C[N+]1(CCCS(=O)(=O)O)[C@@H]2CC[C@H]1CC(OC(=O)C(CO)c1ccccc1)C2. The van der Waals surface area contributed by atoms with Crippen molar-refractivity contribution >= 4 is 16.1 Å². The van der Waals surface area contributed by atoms with E-state index in [0.29, 0.717) is 25.0 Å². The smallest absolute Gasteiger partial charge is 0.316 e. The minimum atomic E-state index is -3.93. The molecule has 3 unspecified atom stereocenters. The van der Waals surface area contributed by atoms with Gasteiger partial charge in [-0.05, 0) is 5.56 Å². The van der Waals surface area contributed by atoms with E-state index >= 15 is 0 Å². The summed E-state index contributed by atoms with van der Waals surface area (Å²) in [5.41, 5.74) is 0.750. The van der Waals surface area contributed by atoms with E-state index in [2.05, 4.69) is 7.05 Å². The first-order chi connectivity index (χ1) is 13.2. The lowest BCUT2D eigenvalue weighted by molar-refractivity contribution is -0.949. The summed E-state index contributed by atoms with van der Waals surface area (Å²) in [4.78, 5) is 12.6. The maximum atomic E-state index is 12.6. The zero-order valence-corrected chi connectivity index (χ0v) is 17.1. The zero-order chi connectivity index (χ0) is 20.4. The number of aliphatic hydroxyl groups excluding tert-OH is 1. The van der Waals surface area contributed by atoms with Crippen LogP contribution in [-0.2, 0) is 19.6 Å². The van der Waals surface area contributed by atoms with Crippen LogP contribution in [-0.4, -0.2) is 72.7 Å². The first-order valence-electron chi connectivity index (χ1n) is 9.89. The molecule has 0 spiro atoms. The van der Waals surface area contributed by atoms with Gasteiger partial charge in [-0.1, -0.05) is 30.3 Å². The second kappa shape index (κ2) is 8.49. The third-order valence-corrected chi connectivity index (χ3v) is 7.37. The normalized spacial score (nSPS) is 30.8. The van der Waals surface area contributed by atoms with E-state index in [9.17, 15) is 18.3 Å². The van der Waals surface area contributed by atoms with Crippen molar-refractivity contribution in [2.75, 3.05) is 26.0 Å². The molecule has 5 atom stereocenters. The Bertz CT molecular complexity index is 767. The van der Waals surface area contributed by atoms with Gasteiger partial charge in [0.05, 0.1) is 38.0 Å².